The first-order valence-corrected chi connectivity index (χ1v) is 8.76. The Morgan fingerprint density at radius 2 is 2.16 bits per heavy atom. The first-order chi connectivity index (χ1) is 11.9. The average molecular weight is 434 g/mol. The lowest BCUT2D eigenvalue weighted by Gasteiger charge is -2.33. The smallest absolute Gasteiger partial charge is 0.318 e. The summed E-state index contributed by atoms with van der Waals surface area (Å²) in [5.41, 5.74) is 5.49. The number of primary amides is 1. The molecular formula is C15H15BrClFN4O3. The van der Waals surface area contributed by atoms with E-state index in [0.29, 0.717) is 36.7 Å². The summed E-state index contributed by atoms with van der Waals surface area (Å²) in [6.45, 7) is 1.23. The Morgan fingerprint density at radius 1 is 1.44 bits per heavy atom. The molecule has 25 heavy (non-hydrogen) atoms. The molecule has 0 bridgehead atoms. The van der Waals surface area contributed by atoms with Crippen molar-refractivity contribution in [2.24, 2.45) is 11.7 Å². The molecule has 2 N–H and O–H groups in total. The number of hydrogen-bond acceptors (Lipinski definition) is 6. The molecule has 2 aromatic rings. The predicted molar refractivity (Wildman–Crippen MR) is 92.0 cm³/mol. The van der Waals surface area contributed by atoms with E-state index in [1.807, 2.05) is 4.90 Å². The van der Waals surface area contributed by atoms with Gasteiger partial charge in [0.1, 0.15) is 11.6 Å². The van der Waals surface area contributed by atoms with Crippen molar-refractivity contribution < 1.29 is 18.3 Å². The molecule has 10 heteroatoms. The molecule has 1 aliphatic heterocycles. The molecule has 0 aliphatic carbocycles. The van der Waals surface area contributed by atoms with Crippen molar-refractivity contribution in [3.05, 3.63) is 33.8 Å². The van der Waals surface area contributed by atoms with Gasteiger partial charge in [0.2, 0.25) is 0 Å². The molecular weight excluding hydrogens is 419 g/mol. The van der Waals surface area contributed by atoms with Gasteiger partial charge in [0, 0.05) is 41.0 Å². The highest BCUT2D eigenvalue weighted by molar-refractivity contribution is 9.10. The van der Waals surface area contributed by atoms with Crippen LogP contribution in [-0.4, -0.2) is 35.3 Å². The number of halogens is 3. The van der Waals surface area contributed by atoms with Gasteiger partial charge in [-0.1, -0.05) is 21.8 Å². The van der Waals surface area contributed by atoms with Gasteiger partial charge in [0.05, 0.1) is 5.02 Å². The molecule has 1 aliphatic rings. The Labute approximate surface area is 156 Å². The van der Waals surface area contributed by atoms with Crippen LogP contribution in [0, 0.1) is 11.7 Å². The van der Waals surface area contributed by atoms with Crippen molar-refractivity contribution >= 4 is 39.5 Å². The normalized spacial score (nSPS) is 16.7. The molecule has 0 spiro atoms. The van der Waals surface area contributed by atoms with E-state index < -0.39 is 17.8 Å². The largest absolute Gasteiger partial charge is 0.480 e. The molecule has 1 amide bonds. The summed E-state index contributed by atoms with van der Waals surface area (Å²) in [7, 11) is 0. The van der Waals surface area contributed by atoms with Gasteiger partial charge in [-0.2, -0.15) is 0 Å². The second-order valence-corrected chi connectivity index (χ2v) is 6.76. The Balaban J connectivity index is 1.65. The number of nitrogens with zero attached hydrogens (tertiary/aromatic N) is 3. The minimum Gasteiger partial charge on any atom is -0.480 e. The van der Waals surface area contributed by atoms with E-state index >= 15 is 0 Å². The van der Waals surface area contributed by atoms with E-state index in [0.717, 1.165) is 6.07 Å². The molecule has 1 atom stereocenters. The van der Waals surface area contributed by atoms with Gasteiger partial charge >= 0.3 is 6.01 Å². The van der Waals surface area contributed by atoms with Gasteiger partial charge in [-0.15, -0.1) is 0 Å². The van der Waals surface area contributed by atoms with Gasteiger partial charge < -0.3 is 19.8 Å². The van der Waals surface area contributed by atoms with Gasteiger partial charge in [-0.25, -0.2) is 4.39 Å². The summed E-state index contributed by atoms with van der Waals surface area (Å²) in [5, 5.41) is 7.66. The van der Waals surface area contributed by atoms with Crippen molar-refractivity contribution in [3.63, 3.8) is 0 Å². The highest BCUT2D eigenvalue weighted by Crippen LogP contribution is 2.29. The summed E-state index contributed by atoms with van der Waals surface area (Å²) < 4.78 is 24.5. The number of hydrogen-bond donors (Lipinski definition) is 1. The number of nitrogens with two attached hydrogens (primary N) is 1. The molecule has 134 valence electrons. The van der Waals surface area contributed by atoms with Crippen LogP contribution in [0.1, 0.15) is 12.8 Å². The number of amides is 1. The lowest BCUT2D eigenvalue weighted by Crippen LogP contribution is -2.45. The highest BCUT2D eigenvalue weighted by atomic mass is 79.9. The van der Waals surface area contributed by atoms with Gasteiger partial charge in [-0.3, -0.25) is 4.79 Å². The van der Waals surface area contributed by atoms with Crippen LogP contribution in [0.5, 0.6) is 5.75 Å². The number of carbonyl (C=O) groups excluding carboxylic acids is 1. The zero-order valence-electron chi connectivity index (χ0n) is 13.0. The fraction of sp³-hybridized carbons (Fsp3) is 0.400. The van der Waals surface area contributed by atoms with Crippen molar-refractivity contribution in [2.45, 2.75) is 18.9 Å². The Kier molecular flexibility index (Phi) is 5.43. The van der Waals surface area contributed by atoms with Crippen LogP contribution in [0.25, 0.3) is 0 Å². The Morgan fingerprint density at radius 3 is 2.72 bits per heavy atom. The number of rotatable bonds is 5. The number of anilines is 1. The van der Waals surface area contributed by atoms with Crippen LogP contribution in [0.15, 0.2) is 27.4 Å². The molecule has 3 rings (SSSR count). The van der Waals surface area contributed by atoms with Crippen molar-refractivity contribution in [3.8, 4) is 5.75 Å². The lowest BCUT2D eigenvalue weighted by molar-refractivity contribution is -0.127. The first kappa shape index (κ1) is 17.9. The highest BCUT2D eigenvalue weighted by Gasteiger charge is 2.33. The summed E-state index contributed by atoms with van der Waals surface area (Å²) in [6, 6.07) is 4.44. The monoisotopic (exact) mass is 432 g/mol. The minimum atomic E-state index is -0.850. The van der Waals surface area contributed by atoms with Gasteiger partial charge in [0.15, 0.2) is 6.10 Å². The lowest BCUT2D eigenvalue weighted by atomic mass is 9.91. The third-order valence-corrected chi connectivity index (χ3v) is 4.69. The molecule has 7 nitrogen and oxygen atoms in total. The van der Waals surface area contributed by atoms with E-state index in [1.165, 1.54) is 12.1 Å². The summed E-state index contributed by atoms with van der Waals surface area (Å²) >= 11 is 8.77. The zero-order valence-corrected chi connectivity index (χ0v) is 15.3. The van der Waals surface area contributed by atoms with Gasteiger partial charge in [-0.05, 0) is 25.0 Å². The topological polar surface area (TPSA) is 94.5 Å². The average Bonchev–Trinajstić information content (AvgIpc) is 3.02. The van der Waals surface area contributed by atoms with Crippen LogP contribution >= 0.6 is 27.5 Å². The van der Waals surface area contributed by atoms with E-state index in [1.54, 1.807) is 0 Å². The first-order valence-electron chi connectivity index (χ1n) is 7.59. The molecule has 1 fully saturated rings. The third kappa shape index (κ3) is 4.21. The maximum absolute atomic E-state index is 13.6. The van der Waals surface area contributed by atoms with Crippen LogP contribution in [0.2, 0.25) is 5.02 Å². The standard InChI is InChI=1S/C15H15BrClFN4O3/c16-14-20-21-15(25-14)22-5-3-8(4-6-22)12(13(19)23)24-9-1-2-10(17)11(18)7-9/h1-2,7-8,12H,3-6H2,(H2,19,23). The van der Waals surface area contributed by atoms with Crippen molar-refractivity contribution in [1.29, 1.82) is 0 Å². The quantitative estimate of drug-likeness (QED) is 0.779. The van der Waals surface area contributed by atoms with E-state index in [9.17, 15) is 9.18 Å². The SMILES string of the molecule is NC(=O)C(Oc1ccc(Cl)c(F)c1)C1CCN(c2nnc(Br)o2)CC1. The Bertz CT molecular complexity index is 767. The zero-order chi connectivity index (χ0) is 18.0. The fourth-order valence-corrected chi connectivity index (χ4v) is 3.14. The number of carbonyl (C=O) groups is 1. The number of piperidine rings is 1. The molecule has 1 saturated heterocycles. The Hall–Kier alpha value is -1.87. The van der Waals surface area contributed by atoms with Crippen LogP contribution in [0.3, 0.4) is 0 Å². The van der Waals surface area contributed by atoms with E-state index in [4.69, 9.17) is 26.5 Å². The number of ether oxygens (including phenoxy) is 1. The molecule has 0 radical (unpaired) electrons. The summed E-state index contributed by atoms with van der Waals surface area (Å²) in [4.78, 5) is 14.1. The molecule has 1 aromatic carbocycles. The molecule has 1 aromatic heterocycles. The van der Waals surface area contributed by atoms with Crippen LogP contribution in [-0.2, 0) is 4.79 Å². The van der Waals surface area contributed by atoms with Crippen molar-refractivity contribution in [2.75, 3.05) is 18.0 Å². The second kappa shape index (κ2) is 7.57. The van der Waals surface area contributed by atoms with Crippen LogP contribution in [0.4, 0.5) is 10.4 Å². The third-order valence-electron chi connectivity index (χ3n) is 4.06. The molecule has 1 unspecified atom stereocenters. The fourth-order valence-electron chi connectivity index (χ4n) is 2.80. The maximum atomic E-state index is 13.6. The molecule has 0 saturated carbocycles. The minimum absolute atomic E-state index is 0.0120. The number of aromatic nitrogens is 2. The van der Waals surface area contributed by atoms with E-state index in [-0.39, 0.29) is 16.7 Å². The predicted octanol–water partition coefficient (Wildman–Crippen LogP) is 2.77. The second-order valence-electron chi connectivity index (χ2n) is 5.68. The summed E-state index contributed by atoms with van der Waals surface area (Å²) in [5.74, 6) is -1.08. The van der Waals surface area contributed by atoms with Crippen LogP contribution < -0.4 is 15.4 Å². The summed E-state index contributed by atoms with van der Waals surface area (Å²) in [6.07, 6.45) is 0.435. The van der Waals surface area contributed by atoms with Crippen molar-refractivity contribution in [1.82, 2.24) is 10.2 Å². The number of benzene rings is 1. The maximum Gasteiger partial charge on any atom is 0.318 e. The van der Waals surface area contributed by atoms with E-state index in [2.05, 4.69) is 26.1 Å². The van der Waals surface area contributed by atoms with Gasteiger partial charge in [0.25, 0.3) is 10.7 Å². The molecule has 2 heterocycles.